The number of carbonyl (C=O) groups is 1. The molecular formula is C20H29FN4O. The highest BCUT2D eigenvalue weighted by molar-refractivity contribution is 5.73. The van der Waals surface area contributed by atoms with Crippen molar-refractivity contribution in [2.75, 3.05) is 13.1 Å². The molecule has 0 fully saturated rings. The van der Waals surface area contributed by atoms with Gasteiger partial charge in [-0.25, -0.2) is 9.18 Å². The van der Waals surface area contributed by atoms with Gasteiger partial charge in [-0.2, -0.15) is 5.10 Å². The van der Waals surface area contributed by atoms with Crippen LogP contribution in [0, 0.1) is 25.6 Å². The van der Waals surface area contributed by atoms with Gasteiger partial charge in [0.1, 0.15) is 5.82 Å². The van der Waals surface area contributed by atoms with Crippen LogP contribution in [0.15, 0.2) is 30.3 Å². The third-order valence-corrected chi connectivity index (χ3v) is 4.49. The topological polar surface area (TPSA) is 59.0 Å². The standard InChI is InChI=1S/C20H29FN4O/c1-14(12-25-16(3)10-15(2)24-25)11-22-19(26)23-13-20(4,5)17-8-6-7-9-18(17)21/h6-10,14H,11-13H2,1-5H3,(H2,22,23,26). The van der Waals surface area contributed by atoms with E-state index >= 15 is 0 Å². The molecule has 2 N–H and O–H groups in total. The molecular weight excluding hydrogens is 331 g/mol. The van der Waals surface area contributed by atoms with E-state index in [2.05, 4.69) is 22.7 Å². The van der Waals surface area contributed by atoms with E-state index in [0.29, 0.717) is 18.7 Å². The number of amides is 2. The number of hydrogen-bond acceptors (Lipinski definition) is 2. The second-order valence-corrected chi connectivity index (χ2v) is 7.64. The van der Waals surface area contributed by atoms with Crippen LogP contribution in [-0.4, -0.2) is 28.9 Å². The van der Waals surface area contributed by atoms with Crippen LogP contribution in [-0.2, 0) is 12.0 Å². The highest BCUT2D eigenvalue weighted by atomic mass is 19.1. The SMILES string of the molecule is Cc1cc(C)n(CC(C)CNC(=O)NCC(C)(C)c2ccccc2F)n1. The van der Waals surface area contributed by atoms with Gasteiger partial charge in [0.15, 0.2) is 0 Å². The Labute approximate surface area is 155 Å². The van der Waals surface area contributed by atoms with Crippen LogP contribution in [0.4, 0.5) is 9.18 Å². The van der Waals surface area contributed by atoms with E-state index in [1.807, 2.05) is 38.4 Å². The van der Waals surface area contributed by atoms with E-state index in [1.54, 1.807) is 18.2 Å². The summed E-state index contributed by atoms with van der Waals surface area (Å²) in [4.78, 5) is 12.1. The molecule has 0 aliphatic rings. The molecule has 1 atom stereocenters. The molecule has 0 bridgehead atoms. The van der Waals surface area contributed by atoms with Crippen molar-refractivity contribution in [2.45, 2.75) is 46.6 Å². The molecule has 5 nitrogen and oxygen atoms in total. The average molecular weight is 360 g/mol. The van der Waals surface area contributed by atoms with Crippen LogP contribution in [0.2, 0.25) is 0 Å². The van der Waals surface area contributed by atoms with E-state index < -0.39 is 5.41 Å². The zero-order valence-electron chi connectivity index (χ0n) is 16.3. The van der Waals surface area contributed by atoms with Gasteiger partial charge < -0.3 is 10.6 Å². The minimum Gasteiger partial charge on any atom is -0.338 e. The molecule has 142 valence electrons. The molecule has 0 saturated heterocycles. The lowest BCUT2D eigenvalue weighted by atomic mass is 9.84. The molecule has 1 aromatic heterocycles. The van der Waals surface area contributed by atoms with Gasteiger partial charge >= 0.3 is 6.03 Å². The summed E-state index contributed by atoms with van der Waals surface area (Å²) in [5, 5.41) is 10.2. The van der Waals surface area contributed by atoms with Crippen molar-refractivity contribution in [1.29, 1.82) is 0 Å². The number of urea groups is 1. The van der Waals surface area contributed by atoms with Gasteiger partial charge in [-0.1, -0.05) is 39.0 Å². The summed E-state index contributed by atoms with van der Waals surface area (Å²) in [6.07, 6.45) is 0. The van der Waals surface area contributed by atoms with Crippen molar-refractivity contribution in [3.05, 3.63) is 53.1 Å². The van der Waals surface area contributed by atoms with E-state index in [1.165, 1.54) is 6.07 Å². The largest absolute Gasteiger partial charge is 0.338 e. The van der Waals surface area contributed by atoms with E-state index in [9.17, 15) is 9.18 Å². The lowest BCUT2D eigenvalue weighted by Gasteiger charge is -2.26. The number of nitrogens with zero attached hydrogens (tertiary/aromatic N) is 2. The monoisotopic (exact) mass is 360 g/mol. The molecule has 2 amide bonds. The summed E-state index contributed by atoms with van der Waals surface area (Å²) >= 11 is 0. The van der Waals surface area contributed by atoms with E-state index in [0.717, 1.165) is 17.9 Å². The molecule has 0 spiro atoms. The number of hydrogen-bond donors (Lipinski definition) is 2. The summed E-state index contributed by atoms with van der Waals surface area (Å²) in [7, 11) is 0. The van der Waals surface area contributed by atoms with E-state index in [-0.39, 0.29) is 17.8 Å². The molecule has 0 radical (unpaired) electrons. The van der Waals surface area contributed by atoms with Crippen LogP contribution >= 0.6 is 0 Å². The van der Waals surface area contributed by atoms with Crippen molar-refractivity contribution in [2.24, 2.45) is 5.92 Å². The zero-order chi connectivity index (χ0) is 19.3. The first-order valence-corrected chi connectivity index (χ1v) is 8.97. The summed E-state index contributed by atoms with van der Waals surface area (Å²) in [5.74, 6) is -0.00320. The molecule has 1 aromatic carbocycles. The fraction of sp³-hybridized carbons (Fsp3) is 0.500. The lowest BCUT2D eigenvalue weighted by molar-refractivity contribution is 0.235. The van der Waals surface area contributed by atoms with Gasteiger partial charge in [-0.05, 0) is 37.5 Å². The van der Waals surface area contributed by atoms with Gasteiger partial charge in [0.2, 0.25) is 0 Å². The third kappa shape index (κ3) is 5.31. The third-order valence-electron chi connectivity index (χ3n) is 4.49. The quantitative estimate of drug-likeness (QED) is 0.793. The fourth-order valence-electron chi connectivity index (χ4n) is 2.96. The summed E-state index contributed by atoms with van der Waals surface area (Å²) < 4.78 is 15.9. The number of carbonyl (C=O) groups excluding carboxylic acids is 1. The molecule has 6 heteroatoms. The number of nitrogens with one attached hydrogen (secondary N) is 2. The van der Waals surface area contributed by atoms with Gasteiger partial charge in [0.05, 0.1) is 5.69 Å². The molecule has 1 heterocycles. The number of aryl methyl sites for hydroxylation is 2. The molecule has 2 rings (SSSR count). The van der Waals surface area contributed by atoms with Crippen molar-refractivity contribution >= 4 is 6.03 Å². The average Bonchev–Trinajstić information content (AvgIpc) is 2.88. The first-order chi connectivity index (χ1) is 12.2. The molecule has 0 aliphatic heterocycles. The van der Waals surface area contributed by atoms with Gasteiger partial charge in [-0.3, -0.25) is 4.68 Å². The predicted octanol–water partition coefficient (Wildman–Crippen LogP) is 3.55. The van der Waals surface area contributed by atoms with Crippen molar-refractivity contribution in [1.82, 2.24) is 20.4 Å². The maximum atomic E-state index is 14.0. The second-order valence-electron chi connectivity index (χ2n) is 7.64. The van der Waals surface area contributed by atoms with Crippen molar-refractivity contribution in [3.8, 4) is 0 Å². The minimum absolute atomic E-state index is 0.241. The number of aromatic nitrogens is 2. The first-order valence-electron chi connectivity index (χ1n) is 8.97. The second kappa shape index (κ2) is 8.34. The normalized spacial score (nSPS) is 12.7. The Hall–Kier alpha value is -2.37. The number of rotatable bonds is 7. The molecule has 1 unspecified atom stereocenters. The first kappa shape index (κ1) is 19.9. The van der Waals surface area contributed by atoms with Crippen LogP contribution < -0.4 is 10.6 Å². The molecule has 2 aromatic rings. The molecule has 0 saturated carbocycles. The molecule has 26 heavy (non-hydrogen) atoms. The van der Waals surface area contributed by atoms with Crippen LogP contribution in [0.25, 0.3) is 0 Å². The maximum absolute atomic E-state index is 14.0. The van der Waals surface area contributed by atoms with Crippen LogP contribution in [0.5, 0.6) is 0 Å². The van der Waals surface area contributed by atoms with Crippen molar-refractivity contribution < 1.29 is 9.18 Å². The van der Waals surface area contributed by atoms with Crippen LogP contribution in [0.1, 0.15) is 37.7 Å². The number of halogens is 1. The highest BCUT2D eigenvalue weighted by Gasteiger charge is 2.24. The van der Waals surface area contributed by atoms with Crippen molar-refractivity contribution in [3.63, 3.8) is 0 Å². The summed E-state index contributed by atoms with van der Waals surface area (Å²) in [5.41, 5.74) is 2.22. The van der Waals surface area contributed by atoms with Gasteiger partial charge in [-0.15, -0.1) is 0 Å². The minimum atomic E-state index is -0.488. The predicted molar refractivity (Wildman–Crippen MR) is 102 cm³/mol. The Balaban J connectivity index is 1.79. The Bertz CT molecular complexity index is 754. The zero-order valence-corrected chi connectivity index (χ0v) is 16.3. The van der Waals surface area contributed by atoms with Gasteiger partial charge in [0, 0.05) is 30.7 Å². The fourth-order valence-corrected chi connectivity index (χ4v) is 2.96. The van der Waals surface area contributed by atoms with Gasteiger partial charge in [0.25, 0.3) is 0 Å². The summed E-state index contributed by atoms with van der Waals surface area (Å²) in [6, 6.07) is 8.47. The Morgan fingerprint density at radius 3 is 2.58 bits per heavy atom. The van der Waals surface area contributed by atoms with E-state index in [4.69, 9.17) is 0 Å². The Kier molecular flexibility index (Phi) is 6.40. The smallest absolute Gasteiger partial charge is 0.314 e. The van der Waals surface area contributed by atoms with Crippen LogP contribution in [0.3, 0.4) is 0 Å². The Morgan fingerprint density at radius 2 is 1.96 bits per heavy atom. The Morgan fingerprint density at radius 1 is 1.27 bits per heavy atom. The number of benzene rings is 1. The molecule has 0 aliphatic carbocycles. The highest BCUT2D eigenvalue weighted by Crippen LogP contribution is 2.24. The maximum Gasteiger partial charge on any atom is 0.314 e. The summed E-state index contributed by atoms with van der Waals surface area (Å²) in [6.45, 7) is 11.5. The lowest BCUT2D eigenvalue weighted by Crippen LogP contribution is -2.44.